The summed E-state index contributed by atoms with van der Waals surface area (Å²) < 4.78 is 5.29. The molecule has 0 spiro atoms. The van der Waals surface area contributed by atoms with Gasteiger partial charge in [-0.05, 0) is 24.6 Å². The molecule has 0 heterocycles. The van der Waals surface area contributed by atoms with Crippen LogP contribution in [0.1, 0.15) is 22.8 Å². The molecule has 1 rings (SSSR count). The first-order valence-electron chi connectivity index (χ1n) is 5.78. The number of hydrogen-bond donors (Lipinski definition) is 1. The average Bonchev–Trinajstić information content (AvgIpc) is 2.37. The van der Waals surface area contributed by atoms with Gasteiger partial charge in [-0.15, -0.1) is 11.6 Å². The third-order valence-electron chi connectivity index (χ3n) is 2.22. The van der Waals surface area contributed by atoms with Gasteiger partial charge in [0.1, 0.15) is 0 Å². The molecule has 0 bridgehead atoms. The van der Waals surface area contributed by atoms with E-state index in [4.69, 9.17) is 16.3 Å². The number of amides is 1. The van der Waals surface area contributed by atoms with Gasteiger partial charge >= 0.3 is 0 Å². The second-order valence-corrected chi connectivity index (χ2v) is 4.37. The molecule has 0 radical (unpaired) electrons. The van der Waals surface area contributed by atoms with E-state index < -0.39 is 0 Å². The molecule has 0 saturated heterocycles. The summed E-state index contributed by atoms with van der Waals surface area (Å²) in [5.74, 6) is 0.295. The molecule has 0 aliphatic carbocycles. The SMILES string of the molecule is C=C(C)COCCNC(=O)c1cccc(CCl)c1. The molecule has 18 heavy (non-hydrogen) atoms. The Morgan fingerprint density at radius 3 is 2.94 bits per heavy atom. The van der Waals surface area contributed by atoms with Crippen LogP contribution in [0.4, 0.5) is 0 Å². The molecule has 4 heteroatoms. The second-order valence-electron chi connectivity index (χ2n) is 4.10. The fourth-order valence-electron chi connectivity index (χ4n) is 1.38. The first kappa shape index (κ1) is 14.7. The van der Waals surface area contributed by atoms with E-state index in [9.17, 15) is 4.79 Å². The molecular weight excluding hydrogens is 250 g/mol. The summed E-state index contributed by atoms with van der Waals surface area (Å²) in [5.41, 5.74) is 2.52. The van der Waals surface area contributed by atoms with Crippen molar-refractivity contribution < 1.29 is 9.53 Å². The Bertz CT molecular complexity index is 418. The predicted octanol–water partition coefficient (Wildman–Crippen LogP) is 2.75. The monoisotopic (exact) mass is 267 g/mol. The topological polar surface area (TPSA) is 38.3 Å². The molecule has 1 aromatic carbocycles. The van der Waals surface area contributed by atoms with E-state index in [0.717, 1.165) is 11.1 Å². The number of benzene rings is 1. The zero-order chi connectivity index (χ0) is 13.4. The lowest BCUT2D eigenvalue weighted by Crippen LogP contribution is -2.27. The van der Waals surface area contributed by atoms with E-state index in [1.54, 1.807) is 12.1 Å². The van der Waals surface area contributed by atoms with Crippen molar-refractivity contribution in [3.63, 3.8) is 0 Å². The molecule has 0 aromatic heterocycles. The van der Waals surface area contributed by atoms with E-state index in [2.05, 4.69) is 11.9 Å². The minimum absolute atomic E-state index is 0.110. The van der Waals surface area contributed by atoms with Crippen molar-refractivity contribution in [1.82, 2.24) is 5.32 Å². The maximum atomic E-state index is 11.8. The molecule has 0 atom stereocenters. The number of rotatable bonds is 7. The zero-order valence-electron chi connectivity index (χ0n) is 10.5. The van der Waals surface area contributed by atoms with E-state index >= 15 is 0 Å². The van der Waals surface area contributed by atoms with Crippen LogP contribution in [0, 0.1) is 0 Å². The normalized spacial score (nSPS) is 10.1. The van der Waals surface area contributed by atoms with Crippen molar-refractivity contribution >= 4 is 17.5 Å². The van der Waals surface area contributed by atoms with Crippen LogP contribution in [-0.2, 0) is 10.6 Å². The van der Waals surface area contributed by atoms with Crippen LogP contribution in [0.25, 0.3) is 0 Å². The highest BCUT2D eigenvalue weighted by molar-refractivity contribution is 6.17. The fraction of sp³-hybridized carbons (Fsp3) is 0.357. The van der Waals surface area contributed by atoms with Gasteiger partial charge in [0.05, 0.1) is 13.2 Å². The highest BCUT2D eigenvalue weighted by Crippen LogP contribution is 2.07. The summed E-state index contributed by atoms with van der Waals surface area (Å²) in [6, 6.07) is 7.27. The van der Waals surface area contributed by atoms with Crippen molar-refractivity contribution in [3.05, 3.63) is 47.5 Å². The van der Waals surface area contributed by atoms with E-state index in [-0.39, 0.29) is 5.91 Å². The quantitative estimate of drug-likeness (QED) is 0.469. The van der Waals surface area contributed by atoms with Crippen LogP contribution in [0.3, 0.4) is 0 Å². The smallest absolute Gasteiger partial charge is 0.251 e. The first-order valence-corrected chi connectivity index (χ1v) is 6.32. The van der Waals surface area contributed by atoms with Crippen molar-refractivity contribution in [3.8, 4) is 0 Å². The van der Waals surface area contributed by atoms with Crippen molar-refractivity contribution in [1.29, 1.82) is 0 Å². The molecule has 0 aliphatic rings. The Labute approximate surface area is 113 Å². The number of hydrogen-bond acceptors (Lipinski definition) is 2. The van der Waals surface area contributed by atoms with Gasteiger partial charge in [0.2, 0.25) is 0 Å². The Hall–Kier alpha value is -1.32. The van der Waals surface area contributed by atoms with Gasteiger partial charge in [0.25, 0.3) is 5.91 Å². The van der Waals surface area contributed by atoms with Crippen LogP contribution in [0.15, 0.2) is 36.4 Å². The van der Waals surface area contributed by atoms with Crippen molar-refractivity contribution in [2.75, 3.05) is 19.8 Å². The van der Waals surface area contributed by atoms with Gasteiger partial charge in [0.15, 0.2) is 0 Å². The number of carbonyl (C=O) groups excluding carboxylic acids is 1. The van der Waals surface area contributed by atoms with Gasteiger partial charge in [-0.2, -0.15) is 0 Å². The van der Waals surface area contributed by atoms with Crippen LogP contribution >= 0.6 is 11.6 Å². The average molecular weight is 268 g/mol. The predicted molar refractivity (Wildman–Crippen MR) is 74.0 cm³/mol. The van der Waals surface area contributed by atoms with Crippen LogP contribution in [-0.4, -0.2) is 25.7 Å². The number of alkyl halides is 1. The molecule has 0 aliphatic heterocycles. The lowest BCUT2D eigenvalue weighted by Gasteiger charge is -2.07. The number of carbonyl (C=O) groups is 1. The molecule has 1 amide bonds. The second kappa shape index (κ2) is 7.90. The largest absolute Gasteiger partial charge is 0.375 e. The Morgan fingerprint density at radius 2 is 2.28 bits per heavy atom. The molecule has 0 fully saturated rings. The third kappa shape index (κ3) is 5.34. The molecule has 98 valence electrons. The summed E-state index contributed by atoms with van der Waals surface area (Å²) in [5, 5.41) is 2.79. The highest BCUT2D eigenvalue weighted by Gasteiger charge is 2.04. The Kier molecular flexibility index (Phi) is 6.47. The van der Waals surface area contributed by atoms with Crippen LogP contribution in [0.2, 0.25) is 0 Å². The maximum Gasteiger partial charge on any atom is 0.251 e. The lowest BCUT2D eigenvalue weighted by molar-refractivity contribution is 0.0926. The molecule has 1 aromatic rings. The van der Waals surface area contributed by atoms with Gasteiger partial charge < -0.3 is 10.1 Å². The molecule has 0 saturated carbocycles. The molecule has 3 nitrogen and oxygen atoms in total. The minimum atomic E-state index is -0.110. The van der Waals surface area contributed by atoms with E-state index in [1.807, 2.05) is 19.1 Å². The van der Waals surface area contributed by atoms with Gasteiger partial charge in [-0.3, -0.25) is 4.79 Å². The number of halogens is 1. The standard InChI is InChI=1S/C14H18ClNO2/c1-11(2)10-18-7-6-16-14(17)13-5-3-4-12(8-13)9-15/h3-5,8H,1,6-7,9-10H2,2H3,(H,16,17). The van der Waals surface area contributed by atoms with Crippen LogP contribution < -0.4 is 5.32 Å². The number of ether oxygens (including phenoxy) is 1. The molecular formula is C14H18ClNO2. The van der Waals surface area contributed by atoms with Crippen molar-refractivity contribution in [2.45, 2.75) is 12.8 Å². The first-order chi connectivity index (χ1) is 8.63. The Balaban J connectivity index is 2.33. The van der Waals surface area contributed by atoms with Crippen LogP contribution in [0.5, 0.6) is 0 Å². The summed E-state index contributed by atoms with van der Waals surface area (Å²) >= 11 is 5.72. The lowest BCUT2D eigenvalue weighted by atomic mass is 10.1. The summed E-state index contributed by atoms with van der Waals surface area (Å²) in [7, 11) is 0. The summed E-state index contributed by atoms with van der Waals surface area (Å²) in [6.07, 6.45) is 0. The summed E-state index contributed by atoms with van der Waals surface area (Å²) in [4.78, 5) is 11.8. The minimum Gasteiger partial charge on any atom is -0.375 e. The zero-order valence-corrected chi connectivity index (χ0v) is 11.3. The fourth-order valence-corrected chi connectivity index (χ4v) is 1.55. The molecule has 1 N–H and O–H groups in total. The van der Waals surface area contributed by atoms with Gasteiger partial charge in [-0.25, -0.2) is 0 Å². The van der Waals surface area contributed by atoms with Gasteiger partial charge in [0, 0.05) is 18.0 Å². The Morgan fingerprint density at radius 1 is 1.50 bits per heavy atom. The third-order valence-corrected chi connectivity index (χ3v) is 2.53. The number of nitrogens with one attached hydrogen (secondary N) is 1. The van der Waals surface area contributed by atoms with E-state index in [0.29, 0.717) is 31.2 Å². The molecule has 0 unspecified atom stereocenters. The van der Waals surface area contributed by atoms with E-state index in [1.165, 1.54) is 0 Å². The van der Waals surface area contributed by atoms with Gasteiger partial charge in [-0.1, -0.05) is 24.3 Å². The van der Waals surface area contributed by atoms with Crippen molar-refractivity contribution in [2.24, 2.45) is 0 Å². The summed E-state index contributed by atoms with van der Waals surface area (Å²) in [6.45, 7) is 7.12. The highest BCUT2D eigenvalue weighted by atomic mass is 35.5. The maximum absolute atomic E-state index is 11.8.